The summed E-state index contributed by atoms with van der Waals surface area (Å²) in [5.74, 6) is -0.249. The number of hydrogen-bond donors (Lipinski definition) is 3. The molecule has 0 aliphatic heterocycles. The van der Waals surface area contributed by atoms with Crippen LogP contribution in [0.15, 0.2) is 36.4 Å². The average molecular weight is 284 g/mol. The van der Waals surface area contributed by atoms with E-state index in [0.717, 1.165) is 16.9 Å². The summed E-state index contributed by atoms with van der Waals surface area (Å²) in [4.78, 5) is 14.3. The van der Waals surface area contributed by atoms with E-state index in [-0.39, 0.29) is 5.91 Å². The maximum Gasteiger partial charge on any atom is 0.257 e. The number of nitrogens with one attached hydrogen (secondary N) is 1. The van der Waals surface area contributed by atoms with E-state index in [1.165, 1.54) is 0 Å². The maximum atomic E-state index is 12.3. The summed E-state index contributed by atoms with van der Waals surface area (Å²) >= 11 is 0. The third-order valence-corrected chi connectivity index (χ3v) is 3.27. The Labute approximate surface area is 124 Å². The van der Waals surface area contributed by atoms with E-state index >= 15 is 0 Å². The summed E-state index contributed by atoms with van der Waals surface area (Å²) < 4.78 is 0. The first-order chi connectivity index (χ1) is 9.88. The van der Waals surface area contributed by atoms with E-state index in [2.05, 4.69) is 5.32 Å². The molecule has 110 valence electrons. The molecule has 0 saturated heterocycles. The van der Waals surface area contributed by atoms with E-state index in [9.17, 15) is 4.79 Å². The van der Waals surface area contributed by atoms with E-state index in [1.54, 1.807) is 18.2 Å². The zero-order valence-electron chi connectivity index (χ0n) is 12.5. The minimum Gasteiger partial charge on any atom is -0.399 e. The topological polar surface area (TPSA) is 84.4 Å². The van der Waals surface area contributed by atoms with Gasteiger partial charge in [0.15, 0.2) is 0 Å². The largest absolute Gasteiger partial charge is 0.399 e. The highest BCUT2D eigenvalue weighted by Crippen LogP contribution is 2.24. The van der Waals surface area contributed by atoms with Gasteiger partial charge >= 0.3 is 0 Å². The lowest BCUT2D eigenvalue weighted by Gasteiger charge is -2.17. The molecule has 0 spiro atoms. The second-order valence-corrected chi connectivity index (χ2v) is 5.20. The van der Waals surface area contributed by atoms with Crippen molar-refractivity contribution in [1.29, 1.82) is 0 Å². The summed E-state index contributed by atoms with van der Waals surface area (Å²) in [7, 11) is 3.93. The SMILES string of the molecule is Cc1ccc(NC(=O)c2ccc(N)cc2N)cc1N(C)C. The van der Waals surface area contributed by atoms with Crippen LogP contribution in [0.3, 0.4) is 0 Å². The number of nitrogens with zero attached hydrogens (tertiary/aromatic N) is 1. The van der Waals surface area contributed by atoms with Crippen LogP contribution in [0.2, 0.25) is 0 Å². The molecule has 0 bridgehead atoms. The number of hydrogen-bond acceptors (Lipinski definition) is 4. The van der Waals surface area contributed by atoms with Crippen LogP contribution in [0.1, 0.15) is 15.9 Å². The Morgan fingerprint density at radius 1 is 1.10 bits per heavy atom. The summed E-state index contributed by atoms with van der Waals surface area (Å²) in [6, 6.07) is 10.6. The summed E-state index contributed by atoms with van der Waals surface area (Å²) in [5, 5.41) is 2.85. The van der Waals surface area contributed by atoms with Gasteiger partial charge in [-0.25, -0.2) is 0 Å². The predicted octanol–water partition coefficient (Wildman–Crippen LogP) is 2.48. The monoisotopic (exact) mass is 284 g/mol. The third kappa shape index (κ3) is 3.25. The highest BCUT2D eigenvalue weighted by Gasteiger charge is 2.11. The van der Waals surface area contributed by atoms with Crippen LogP contribution >= 0.6 is 0 Å². The molecule has 0 heterocycles. The van der Waals surface area contributed by atoms with Crippen LogP contribution in [0.25, 0.3) is 0 Å². The number of benzene rings is 2. The van der Waals surface area contributed by atoms with Crippen molar-refractivity contribution in [3.63, 3.8) is 0 Å². The molecule has 0 fully saturated rings. The number of nitrogens with two attached hydrogens (primary N) is 2. The van der Waals surface area contributed by atoms with Crippen LogP contribution < -0.4 is 21.7 Å². The van der Waals surface area contributed by atoms with Crippen molar-refractivity contribution in [3.8, 4) is 0 Å². The second-order valence-electron chi connectivity index (χ2n) is 5.20. The molecule has 0 atom stereocenters. The van der Waals surface area contributed by atoms with Crippen LogP contribution in [-0.4, -0.2) is 20.0 Å². The fourth-order valence-corrected chi connectivity index (χ4v) is 2.16. The smallest absolute Gasteiger partial charge is 0.257 e. The molecule has 0 aliphatic carbocycles. The number of carbonyl (C=O) groups excluding carboxylic acids is 1. The van der Waals surface area contributed by atoms with Gasteiger partial charge in [-0.05, 0) is 42.8 Å². The zero-order chi connectivity index (χ0) is 15.6. The van der Waals surface area contributed by atoms with Gasteiger partial charge in [0.2, 0.25) is 0 Å². The molecule has 5 heteroatoms. The Morgan fingerprint density at radius 3 is 2.43 bits per heavy atom. The number of anilines is 4. The van der Waals surface area contributed by atoms with E-state index in [0.29, 0.717) is 16.9 Å². The molecule has 2 aromatic carbocycles. The van der Waals surface area contributed by atoms with Gasteiger partial charge in [0, 0.05) is 36.8 Å². The van der Waals surface area contributed by atoms with Crippen LogP contribution in [0.5, 0.6) is 0 Å². The quantitative estimate of drug-likeness (QED) is 0.756. The lowest BCUT2D eigenvalue weighted by molar-refractivity contribution is 0.102. The van der Waals surface area contributed by atoms with Crippen molar-refractivity contribution in [3.05, 3.63) is 47.5 Å². The molecule has 0 unspecified atom stereocenters. The second kappa shape index (κ2) is 5.75. The first-order valence-corrected chi connectivity index (χ1v) is 6.63. The molecule has 2 aromatic rings. The molecule has 5 nitrogen and oxygen atoms in total. The molecule has 0 aliphatic rings. The lowest BCUT2D eigenvalue weighted by atomic mass is 10.1. The zero-order valence-corrected chi connectivity index (χ0v) is 12.5. The summed E-state index contributed by atoms with van der Waals surface area (Å²) in [6.07, 6.45) is 0. The van der Waals surface area contributed by atoms with Crippen molar-refractivity contribution >= 4 is 28.7 Å². The van der Waals surface area contributed by atoms with Crippen LogP contribution in [-0.2, 0) is 0 Å². The third-order valence-electron chi connectivity index (χ3n) is 3.27. The minimum absolute atomic E-state index is 0.249. The molecule has 0 aromatic heterocycles. The number of nitrogen functional groups attached to an aromatic ring is 2. The van der Waals surface area contributed by atoms with Crippen molar-refractivity contribution in [2.75, 3.05) is 35.8 Å². The van der Waals surface area contributed by atoms with Crippen molar-refractivity contribution in [2.45, 2.75) is 6.92 Å². The highest BCUT2D eigenvalue weighted by molar-refractivity contribution is 6.08. The Kier molecular flexibility index (Phi) is 4.03. The fourth-order valence-electron chi connectivity index (χ4n) is 2.16. The van der Waals surface area contributed by atoms with Gasteiger partial charge in [-0.2, -0.15) is 0 Å². The molecule has 2 rings (SSSR count). The van der Waals surface area contributed by atoms with Gasteiger partial charge in [0.1, 0.15) is 0 Å². The number of aryl methyl sites for hydroxylation is 1. The van der Waals surface area contributed by atoms with Crippen molar-refractivity contribution in [1.82, 2.24) is 0 Å². The minimum atomic E-state index is -0.249. The van der Waals surface area contributed by atoms with Crippen molar-refractivity contribution in [2.24, 2.45) is 0 Å². The summed E-state index contributed by atoms with van der Waals surface area (Å²) in [6.45, 7) is 2.03. The predicted molar refractivity (Wildman–Crippen MR) is 88.7 cm³/mol. The molecular weight excluding hydrogens is 264 g/mol. The number of amides is 1. The van der Waals surface area contributed by atoms with Crippen LogP contribution in [0, 0.1) is 6.92 Å². The maximum absolute atomic E-state index is 12.3. The Hall–Kier alpha value is -2.69. The van der Waals surface area contributed by atoms with Gasteiger partial charge in [-0.3, -0.25) is 4.79 Å². The highest BCUT2D eigenvalue weighted by atomic mass is 16.1. The van der Waals surface area contributed by atoms with Gasteiger partial charge < -0.3 is 21.7 Å². The first-order valence-electron chi connectivity index (χ1n) is 6.63. The standard InChI is InChI=1S/C16H20N4O/c1-10-4-6-12(9-15(10)20(2)3)19-16(21)13-7-5-11(17)8-14(13)18/h4-9H,17-18H2,1-3H3,(H,19,21). The Bertz CT molecular complexity index is 680. The van der Waals surface area contributed by atoms with Gasteiger partial charge in [-0.1, -0.05) is 6.07 Å². The van der Waals surface area contributed by atoms with Gasteiger partial charge in [-0.15, -0.1) is 0 Å². The Balaban J connectivity index is 2.25. The molecule has 21 heavy (non-hydrogen) atoms. The van der Waals surface area contributed by atoms with E-state index < -0.39 is 0 Å². The molecule has 5 N–H and O–H groups in total. The van der Waals surface area contributed by atoms with Crippen LogP contribution in [0.4, 0.5) is 22.7 Å². The molecular formula is C16H20N4O. The Morgan fingerprint density at radius 2 is 1.81 bits per heavy atom. The van der Waals surface area contributed by atoms with Gasteiger partial charge in [0.05, 0.1) is 5.56 Å². The lowest BCUT2D eigenvalue weighted by Crippen LogP contribution is -2.15. The molecule has 0 radical (unpaired) electrons. The van der Waals surface area contributed by atoms with E-state index in [1.807, 2.05) is 44.1 Å². The average Bonchev–Trinajstić information content (AvgIpc) is 2.40. The first kappa shape index (κ1) is 14.7. The normalized spacial score (nSPS) is 10.2. The van der Waals surface area contributed by atoms with E-state index in [4.69, 9.17) is 11.5 Å². The van der Waals surface area contributed by atoms with Gasteiger partial charge in [0.25, 0.3) is 5.91 Å². The number of rotatable bonds is 3. The van der Waals surface area contributed by atoms with Crippen molar-refractivity contribution < 1.29 is 4.79 Å². The fraction of sp³-hybridized carbons (Fsp3) is 0.188. The molecule has 0 saturated carbocycles. The molecule has 1 amide bonds. The summed E-state index contributed by atoms with van der Waals surface area (Å²) in [5.41, 5.74) is 15.7. The number of carbonyl (C=O) groups is 1.